The van der Waals surface area contributed by atoms with Crippen molar-refractivity contribution in [2.75, 3.05) is 30.3 Å². The molecule has 3 aromatic rings. The number of anilines is 2. The standard InChI is InChI=1S/C24H29N5OS/c1-2-18-12-27-24-21(28-18)20(25)22(31-24)23(30)26-10-9-15-5-7-19(8-6-15)29-13-16-3-4-17(11-16)14-29/h5-8,12,16-17H,2-4,9-11,13-14,25H2,1H3,(H,26,30). The number of aromatic nitrogens is 2. The molecule has 2 atom stereocenters. The zero-order chi connectivity index (χ0) is 21.4. The van der Waals surface area contributed by atoms with Gasteiger partial charge in [0, 0.05) is 25.3 Å². The summed E-state index contributed by atoms with van der Waals surface area (Å²) in [7, 11) is 0. The lowest BCUT2D eigenvalue weighted by atomic mass is 9.98. The minimum absolute atomic E-state index is 0.152. The summed E-state index contributed by atoms with van der Waals surface area (Å²) in [6.07, 6.45) is 7.54. The van der Waals surface area contributed by atoms with Gasteiger partial charge in [-0.15, -0.1) is 11.3 Å². The Kier molecular flexibility index (Phi) is 5.52. The molecule has 2 aromatic heterocycles. The molecule has 1 aliphatic carbocycles. The second-order valence-electron chi connectivity index (χ2n) is 8.84. The van der Waals surface area contributed by atoms with Crippen LogP contribution in [0.15, 0.2) is 30.5 Å². The monoisotopic (exact) mass is 435 g/mol. The summed E-state index contributed by atoms with van der Waals surface area (Å²) in [6, 6.07) is 8.83. The number of carbonyl (C=O) groups excluding carboxylic acids is 1. The fourth-order valence-corrected chi connectivity index (χ4v) is 5.88. The summed E-state index contributed by atoms with van der Waals surface area (Å²) in [4.78, 5) is 25.3. The van der Waals surface area contributed by atoms with Crippen LogP contribution < -0.4 is 16.0 Å². The molecule has 3 heterocycles. The molecule has 3 N–H and O–H groups in total. The highest BCUT2D eigenvalue weighted by molar-refractivity contribution is 7.21. The van der Waals surface area contributed by atoms with E-state index in [4.69, 9.17) is 5.73 Å². The number of nitrogens with two attached hydrogens (primary N) is 1. The van der Waals surface area contributed by atoms with Crippen molar-refractivity contribution >= 4 is 39.0 Å². The molecule has 1 aliphatic heterocycles. The average Bonchev–Trinajstić information content (AvgIpc) is 3.31. The smallest absolute Gasteiger partial charge is 0.263 e. The van der Waals surface area contributed by atoms with E-state index < -0.39 is 0 Å². The number of thiophene rings is 1. The van der Waals surface area contributed by atoms with Crippen molar-refractivity contribution in [2.45, 2.75) is 39.0 Å². The van der Waals surface area contributed by atoms with E-state index in [-0.39, 0.29) is 5.91 Å². The van der Waals surface area contributed by atoms with Crippen LogP contribution in [0.1, 0.15) is 47.1 Å². The molecule has 2 fully saturated rings. The molecular formula is C24H29N5OS. The third-order valence-electron chi connectivity index (χ3n) is 6.66. The van der Waals surface area contributed by atoms with Crippen LogP contribution in [0.4, 0.5) is 11.4 Å². The molecule has 0 spiro atoms. The fourth-order valence-electron chi connectivity index (χ4n) is 4.96. The van der Waals surface area contributed by atoms with Crippen LogP contribution in [0.5, 0.6) is 0 Å². The number of nitrogen functional groups attached to an aromatic ring is 1. The fraction of sp³-hybridized carbons (Fsp3) is 0.458. The first-order valence-corrected chi connectivity index (χ1v) is 12.1. The van der Waals surface area contributed by atoms with E-state index in [1.165, 1.54) is 54.9 Å². The molecule has 2 aliphatic rings. The molecule has 1 saturated carbocycles. The van der Waals surface area contributed by atoms with E-state index in [0.29, 0.717) is 27.5 Å². The number of benzene rings is 1. The van der Waals surface area contributed by atoms with Crippen molar-refractivity contribution in [2.24, 2.45) is 11.8 Å². The zero-order valence-corrected chi connectivity index (χ0v) is 18.8. The van der Waals surface area contributed by atoms with E-state index in [1.54, 1.807) is 6.20 Å². The van der Waals surface area contributed by atoms with Crippen LogP contribution in [0, 0.1) is 11.8 Å². The quantitative estimate of drug-likeness (QED) is 0.610. The normalized spacial score (nSPS) is 20.4. The zero-order valence-electron chi connectivity index (χ0n) is 17.9. The lowest BCUT2D eigenvalue weighted by molar-refractivity contribution is 0.0959. The van der Waals surface area contributed by atoms with Crippen LogP contribution in [-0.4, -0.2) is 35.5 Å². The summed E-state index contributed by atoms with van der Waals surface area (Å²) in [5, 5.41) is 3.00. The molecule has 0 radical (unpaired) electrons. The lowest BCUT2D eigenvalue weighted by Gasteiger charge is -2.33. The number of hydrogen-bond acceptors (Lipinski definition) is 6. The van der Waals surface area contributed by atoms with Crippen molar-refractivity contribution in [1.29, 1.82) is 0 Å². The van der Waals surface area contributed by atoms with Gasteiger partial charge in [-0.3, -0.25) is 4.79 Å². The minimum Gasteiger partial charge on any atom is -0.396 e. The van der Waals surface area contributed by atoms with Crippen LogP contribution in [0.2, 0.25) is 0 Å². The van der Waals surface area contributed by atoms with Gasteiger partial charge in [-0.25, -0.2) is 9.97 Å². The van der Waals surface area contributed by atoms with Crippen molar-refractivity contribution in [3.63, 3.8) is 0 Å². The predicted octanol–water partition coefficient (Wildman–Crippen LogP) is 4.04. The lowest BCUT2D eigenvalue weighted by Crippen LogP contribution is -2.36. The number of rotatable bonds is 6. The largest absolute Gasteiger partial charge is 0.396 e. The summed E-state index contributed by atoms with van der Waals surface area (Å²) < 4.78 is 0. The third kappa shape index (κ3) is 4.11. The Morgan fingerprint density at radius 3 is 2.68 bits per heavy atom. The molecule has 31 heavy (non-hydrogen) atoms. The van der Waals surface area contributed by atoms with E-state index in [0.717, 1.165) is 30.4 Å². The van der Waals surface area contributed by atoms with Gasteiger partial charge in [0.25, 0.3) is 5.91 Å². The summed E-state index contributed by atoms with van der Waals surface area (Å²) in [5.41, 5.74) is 10.7. The highest BCUT2D eigenvalue weighted by atomic mass is 32.1. The van der Waals surface area contributed by atoms with Gasteiger partial charge < -0.3 is 16.0 Å². The predicted molar refractivity (Wildman–Crippen MR) is 127 cm³/mol. The van der Waals surface area contributed by atoms with Gasteiger partial charge in [0.1, 0.15) is 15.2 Å². The highest BCUT2D eigenvalue weighted by Crippen LogP contribution is 2.38. The Hall–Kier alpha value is -2.67. The van der Waals surface area contributed by atoms with Gasteiger partial charge in [-0.1, -0.05) is 19.1 Å². The molecule has 7 heteroatoms. The Balaban J connectivity index is 1.18. The van der Waals surface area contributed by atoms with Crippen LogP contribution in [0.25, 0.3) is 10.3 Å². The first-order valence-electron chi connectivity index (χ1n) is 11.3. The molecule has 1 aromatic carbocycles. The number of amides is 1. The Morgan fingerprint density at radius 1 is 1.23 bits per heavy atom. The second-order valence-corrected chi connectivity index (χ2v) is 9.84. The topological polar surface area (TPSA) is 84.1 Å². The van der Waals surface area contributed by atoms with Gasteiger partial charge in [0.2, 0.25) is 0 Å². The maximum atomic E-state index is 12.7. The van der Waals surface area contributed by atoms with E-state index >= 15 is 0 Å². The Bertz CT molecular complexity index is 1080. The Labute approximate surface area is 186 Å². The maximum absolute atomic E-state index is 12.7. The second kappa shape index (κ2) is 8.46. The average molecular weight is 436 g/mol. The van der Waals surface area contributed by atoms with Crippen molar-refractivity contribution in [3.8, 4) is 0 Å². The number of carbonyl (C=O) groups is 1. The van der Waals surface area contributed by atoms with Crippen molar-refractivity contribution in [1.82, 2.24) is 15.3 Å². The van der Waals surface area contributed by atoms with Crippen LogP contribution in [0.3, 0.4) is 0 Å². The summed E-state index contributed by atoms with van der Waals surface area (Å²) >= 11 is 1.30. The van der Waals surface area contributed by atoms with E-state index in [2.05, 4.69) is 44.5 Å². The van der Waals surface area contributed by atoms with Gasteiger partial charge in [0.15, 0.2) is 0 Å². The first-order chi connectivity index (χ1) is 15.1. The molecule has 2 unspecified atom stereocenters. The SMILES string of the molecule is CCc1cnc2sc(C(=O)NCCc3ccc(N4CC5CCC(C5)C4)cc3)c(N)c2n1. The minimum atomic E-state index is -0.152. The van der Waals surface area contributed by atoms with Crippen LogP contribution >= 0.6 is 11.3 Å². The molecular weight excluding hydrogens is 406 g/mol. The van der Waals surface area contributed by atoms with Crippen molar-refractivity contribution in [3.05, 3.63) is 46.6 Å². The molecule has 1 saturated heterocycles. The molecule has 1 amide bonds. The Morgan fingerprint density at radius 2 is 1.97 bits per heavy atom. The first kappa shape index (κ1) is 20.2. The van der Waals surface area contributed by atoms with Gasteiger partial charge in [-0.05, 0) is 61.6 Å². The van der Waals surface area contributed by atoms with E-state index in [9.17, 15) is 4.79 Å². The third-order valence-corrected chi connectivity index (χ3v) is 7.77. The van der Waals surface area contributed by atoms with Crippen molar-refractivity contribution < 1.29 is 4.79 Å². The molecule has 6 nitrogen and oxygen atoms in total. The van der Waals surface area contributed by atoms with E-state index in [1.807, 2.05) is 6.92 Å². The number of nitrogens with one attached hydrogen (secondary N) is 1. The van der Waals surface area contributed by atoms with Gasteiger partial charge in [-0.2, -0.15) is 0 Å². The van der Waals surface area contributed by atoms with Crippen LogP contribution in [-0.2, 0) is 12.8 Å². The summed E-state index contributed by atoms with van der Waals surface area (Å²) in [6.45, 7) is 4.99. The summed E-state index contributed by atoms with van der Waals surface area (Å²) in [5.74, 6) is 1.61. The molecule has 162 valence electrons. The molecule has 5 rings (SSSR count). The maximum Gasteiger partial charge on any atom is 0.263 e. The number of piperidine rings is 1. The number of fused-ring (bicyclic) bond motifs is 3. The number of hydrogen-bond donors (Lipinski definition) is 2. The number of nitrogens with zero attached hydrogens (tertiary/aromatic N) is 3. The highest BCUT2D eigenvalue weighted by Gasteiger charge is 2.32. The molecule has 2 bridgehead atoms. The number of aryl methyl sites for hydroxylation is 1. The van der Waals surface area contributed by atoms with Gasteiger partial charge >= 0.3 is 0 Å². The van der Waals surface area contributed by atoms with Gasteiger partial charge in [0.05, 0.1) is 17.6 Å².